The van der Waals surface area contributed by atoms with Crippen LogP contribution in [0, 0.1) is 0 Å². The Hall–Kier alpha value is -3.62. The van der Waals surface area contributed by atoms with Gasteiger partial charge in [0, 0.05) is 17.7 Å². The number of hydrogen-bond acceptors (Lipinski definition) is 8. The van der Waals surface area contributed by atoms with Gasteiger partial charge in [0.2, 0.25) is 5.75 Å². The standard InChI is InChI=1S/C23H30N2O7/c1-7-30-20-10-15(11-21(31-8-2)22(20)32-9-3)23(26)25-24-14-17-18(28-5)12-16(27-4)13-19(17)29-6/h10-14H,7-9H2,1-6H3,(H,25,26)/b24-14+. The van der Waals surface area contributed by atoms with Gasteiger partial charge in [0.15, 0.2) is 11.5 Å². The van der Waals surface area contributed by atoms with Gasteiger partial charge in [-0.05, 0) is 32.9 Å². The molecule has 2 aromatic rings. The number of carbonyl (C=O) groups excluding carboxylic acids is 1. The summed E-state index contributed by atoms with van der Waals surface area (Å²) in [5.41, 5.74) is 3.37. The lowest BCUT2D eigenvalue weighted by Crippen LogP contribution is -2.18. The van der Waals surface area contributed by atoms with Crippen molar-refractivity contribution in [2.45, 2.75) is 20.8 Å². The lowest BCUT2D eigenvalue weighted by atomic mass is 10.1. The van der Waals surface area contributed by atoms with Gasteiger partial charge in [-0.1, -0.05) is 0 Å². The number of methoxy groups -OCH3 is 3. The molecule has 9 heteroatoms. The Labute approximate surface area is 188 Å². The second kappa shape index (κ2) is 12.3. The number of ether oxygens (including phenoxy) is 6. The van der Waals surface area contributed by atoms with Crippen LogP contribution in [-0.4, -0.2) is 53.3 Å². The van der Waals surface area contributed by atoms with E-state index in [-0.39, 0.29) is 0 Å². The van der Waals surface area contributed by atoms with E-state index in [1.165, 1.54) is 20.4 Å². The quantitative estimate of drug-likeness (QED) is 0.392. The first-order valence-electron chi connectivity index (χ1n) is 10.2. The van der Waals surface area contributed by atoms with E-state index in [1.54, 1.807) is 31.4 Å². The second-order valence-corrected chi connectivity index (χ2v) is 6.25. The molecule has 1 amide bonds. The van der Waals surface area contributed by atoms with Crippen molar-refractivity contribution in [1.82, 2.24) is 5.43 Å². The molecule has 0 aromatic heterocycles. The van der Waals surface area contributed by atoms with Crippen LogP contribution in [0.2, 0.25) is 0 Å². The van der Waals surface area contributed by atoms with Crippen molar-refractivity contribution < 1.29 is 33.2 Å². The van der Waals surface area contributed by atoms with Gasteiger partial charge in [-0.2, -0.15) is 5.10 Å². The Balaban J connectivity index is 2.32. The van der Waals surface area contributed by atoms with Crippen molar-refractivity contribution in [2.24, 2.45) is 5.10 Å². The highest BCUT2D eigenvalue weighted by atomic mass is 16.5. The Kier molecular flexibility index (Phi) is 9.46. The van der Waals surface area contributed by atoms with E-state index in [0.29, 0.717) is 65.4 Å². The number of benzene rings is 2. The first-order valence-corrected chi connectivity index (χ1v) is 10.2. The monoisotopic (exact) mass is 446 g/mol. The minimum Gasteiger partial charge on any atom is -0.496 e. The van der Waals surface area contributed by atoms with Gasteiger partial charge in [-0.25, -0.2) is 5.43 Å². The molecule has 0 radical (unpaired) electrons. The average molecular weight is 447 g/mol. The van der Waals surface area contributed by atoms with Crippen LogP contribution in [0.5, 0.6) is 34.5 Å². The number of nitrogens with zero attached hydrogens (tertiary/aromatic N) is 1. The van der Waals surface area contributed by atoms with Gasteiger partial charge in [0.1, 0.15) is 17.2 Å². The molecular formula is C23H30N2O7. The van der Waals surface area contributed by atoms with Gasteiger partial charge in [0.25, 0.3) is 5.91 Å². The number of carbonyl (C=O) groups is 1. The van der Waals surface area contributed by atoms with Gasteiger partial charge in [0.05, 0.1) is 52.9 Å². The lowest BCUT2D eigenvalue weighted by molar-refractivity contribution is 0.0954. The topological polar surface area (TPSA) is 96.8 Å². The molecule has 2 rings (SSSR count). The first-order chi connectivity index (χ1) is 15.5. The Morgan fingerprint density at radius 1 is 0.812 bits per heavy atom. The maximum atomic E-state index is 12.8. The predicted octanol–water partition coefficient (Wildman–Crippen LogP) is 3.67. The van der Waals surface area contributed by atoms with Crippen LogP contribution in [-0.2, 0) is 0 Å². The first kappa shape index (κ1) is 24.6. The van der Waals surface area contributed by atoms with Crippen molar-refractivity contribution in [1.29, 1.82) is 0 Å². The van der Waals surface area contributed by atoms with Crippen LogP contribution >= 0.6 is 0 Å². The summed E-state index contributed by atoms with van der Waals surface area (Å²) in [6, 6.07) is 6.58. The zero-order valence-corrected chi connectivity index (χ0v) is 19.3. The van der Waals surface area contributed by atoms with Crippen LogP contribution in [0.1, 0.15) is 36.7 Å². The van der Waals surface area contributed by atoms with Gasteiger partial charge in [-0.3, -0.25) is 4.79 Å². The summed E-state index contributed by atoms with van der Waals surface area (Å²) < 4.78 is 33.0. The maximum absolute atomic E-state index is 12.8. The van der Waals surface area contributed by atoms with Crippen molar-refractivity contribution in [3.8, 4) is 34.5 Å². The normalized spacial score (nSPS) is 10.6. The molecule has 1 N–H and O–H groups in total. The van der Waals surface area contributed by atoms with Crippen LogP contribution in [0.4, 0.5) is 0 Å². The minimum atomic E-state index is -0.447. The highest BCUT2D eigenvalue weighted by molar-refractivity contribution is 5.96. The molecule has 0 atom stereocenters. The van der Waals surface area contributed by atoms with Crippen LogP contribution in [0.15, 0.2) is 29.4 Å². The number of nitrogens with one attached hydrogen (secondary N) is 1. The molecule has 0 aliphatic carbocycles. The molecule has 0 spiro atoms. The van der Waals surface area contributed by atoms with Crippen LogP contribution in [0.25, 0.3) is 0 Å². The summed E-state index contributed by atoms with van der Waals surface area (Å²) in [6.07, 6.45) is 1.44. The highest BCUT2D eigenvalue weighted by Gasteiger charge is 2.18. The molecule has 174 valence electrons. The molecule has 32 heavy (non-hydrogen) atoms. The number of rotatable bonds is 12. The largest absolute Gasteiger partial charge is 0.496 e. The molecule has 0 saturated heterocycles. The molecule has 0 aliphatic heterocycles. The zero-order chi connectivity index (χ0) is 23.5. The van der Waals surface area contributed by atoms with Crippen molar-refractivity contribution in [3.05, 3.63) is 35.4 Å². The van der Waals surface area contributed by atoms with Gasteiger partial charge >= 0.3 is 0 Å². The summed E-state index contributed by atoms with van der Waals surface area (Å²) in [6.45, 7) is 6.81. The lowest BCUT2D eigenvalue weighted by Gasteiger charge is -2.16. The maximum Gasteiger partial charge on any atom is 0.271 e. The highest BCUT2D eigenvalue weighted by Crippen LogP contribution is 2.39. The van der Waals surface area contributed by atoms with Crippen molar-refractivity contribution in [2.75, 3.05) is 41.2 Å². The Morgan fingerprint density at radius 3 is 1.78 bits per heavy atom. The molecular weight excluding hydrogens is 416 g/mol. The van der Waals surface area contributed by atoms with E-state index in [9.17, 15) is 4.79 Å². The van der Waals surface area contributed by atoms with Crippen LogP contribution < -0.4 is 33.8 Å². The van der Waals surface area contributed by atoms with E-state index in [1.807, 2.05) is 20.8 Å². The summed E-state index contributed by atoms with van der Waals surface area (Å²) in [4.78, 5) is 12.8. The van der Waals surface area contributed by atoms with E-state index in [0.717, 1.165) is 0 Å². The van der Waals surface area contributed by atoms with E-state index >= 15 is 0 Å². The molecule has 0 bridgehead atoms. The molecule has 0 aliphatic rings. The predicted molar refractivity (Wildman–Crippen MR) is 121 cm³/mol. The second-order valence-electron chi connectivity index (χ2n) is 6.25. The van der Waals surface area contributed by atoms with Crippen molar-refractivity contribution >= 4 is 12.1 Å². The molecule has 0 saturated carbocycles. The summed E-state index contributed by atoms with van der Waals surface area (Å²) >= 11 is 0. The average Bonchev–Trinajstić information content (AvgIpc) is 2.80. The fraction of sp³-hybridized carbons (Fsp3) is 0.391. The third-order valence-electron chi connectivity index (χ3n) is 4.28. The number of amides is 1. The molecule has 9 nitrogen and oxygen atoms in total. The van der Waals surface area contributed by atoms with Crippen LogP contribution in [0.3, 0.4) is 0 Å². The number of hydrogen-bond donors (Lipinski definition) is 1. The van der Waals surface area contributed by atoms with Crippen molar-refractivity contribution in [3.63, 3.8) is 0 Å². The fourth-order valence-corrected chi connectivity index (χ4v) is 2.90. The third-order valence-corrected chi connectivity index (χ3v) is 4.28. The molecule has 0 heterocycles. The SMILES string of the molecule is CCOc1cc(C(=O)N/N=C/c2c(OC)cc(OC)cc2OC)cc(OCC)c1OCC. The molecule has 0 fully saturated rings. The third kappa shape index (κ3) is 5.96. The zero-order valence-electron chi connectivity index (χ0n) is 19.3. The minimum absolute atomic E-state index is 0.311. The summed E-state index contributed by atoms with van der Waals surface area (Å²) in [5.74, 6) is 2.40. The van der Waals surface area contributed by atoms with E-state index in [4.69, 9.17) is 28.4 Å². The smallest absolute Gasteiger partial charge is 0.271 e. The van der Waals surface area contributed by atoms with Gasteiger partial charge < -0.3 is 28.4 Å². The summed E-state index contributed by atoms with van der Waals surface area (Å²) in [5, 5.41) is 4.06. The molecule has 2 aromatic carbocycles. The van der Waals surface area contributed by atoms with E-state index < -0.39 is 5.91 Å². The Morgan fingerprint density at radius 2 is 1.34 bits per heavy atom. The Bertz CT molecular complexity index is 892. The number of hydrazone groups is 1. The molecule has 0 unspecified atom stereocenters. The summed E-state index contributed by atoms with van der Waals surface area (Å²) in [7, 11) is 4.59. The van der Waals surface area contributed by atoms with Gasteiger partial charge in [-0.15, -0.1) is 0 Å². The van der Waals surface area contributed by atoms with E-state index in [2.05, 4.69) is 10.5 Å². The fourth-order valence-electron chi connectivity index (χ4n) is 2.90.